The van der Waals surface area contributed by atoms with E-state index in [1.165, 1.54) is 11.3 Å². The molecule has 1 aromatic heterocycles. The average molecular weight is 282 g/mol. The van der Waals surface area contributed by atoms with Crippen LogP contribution >= 0.6 is 11.3 Å². The van der Waals surface area contributed by atoms with Crippen LogP contribution in [0.15, 0.2) is 0 Å². The van der Waals surface area contributed by atoms with Crippen LogP contribution in [0, 0.1) is 24.7 Å². The van der Waals surface area contributed by atoms with Crippen molar-refractivity contribution < 1.29 is 9.90 Å². The Morgan fingerprint density at radius 2 is 2.26 bits per heavy atom. The molecule has 4 atom stereocenters. The maximum absolute atomic E-state index is 11.8. The second kappa shape index (κ2) is 5.05. The fourth-order valence-electron chi connectivity index (χ4n) is 3.31. The van der Waals surface area contributed by atoms with Gasteiger partial charge in [0, 0.05) is 12.6 Å². The second-order valence-electron chi connectivity index (χ2n) is 5.51. The first-order chi connectivity index (χ1) is 9.15. The summed E-state index contributed by atoms with van der Waals surface area (Å²) in [6.45, 7) is 2.13. The summed E-state index contributed by atoms with van der Waals surface area (Å²) < 4.78 is 0. The molecule has 6 nitrogen and oxygen atoms in total. The topological polar surface area (TPSA) is 87.1 Å². The van der Waals surface area contributed by atoms with Crippen molar-refractivity contribution in [2.45, 2.75) is 32.2 Å². The third-order valence-electron chi connectivity index (χ3n) is 4.24. The minimum absolute atomic E-state index is 0.202. The number of amides is 2. The maximum atomic E-state index is 11.8. The molecule has 7 heteroatoms. The Morgan fingerprint density at radius 3 is 2.95 bits per heavy atom. The number of carbonyl (C=O) groups excluding carboxylic acids is 1. The predicted octanol–water partition coefficient (Wildman–Crippen LogP) is 1.38. The molecule has 2 aliphatic rings. The van der Waals surface area contributed by atoms with Gasteiger partial charge in [-0.05, 0) is 43.9 Å². The van der Waals surface area contributed by atoms with Gasteiger partial charge in [-0.3, -0.25) is 5.32 Å². The van der Waals surface area contributed by atoms with Gasteiger partial charge < -0.3 is 10.4 Å². The zero-order chi connectivity index (χ0) is 13.4. The highest BCUT2D eigenvalue weighted by Gasteiger charge is 2.47. The van der Waals surface area contributed by atoms with Crippen LogP contribution in [-0.4, -0.2) is 34.0 Å². The number of nitrogens with zero attached hydrogens (tertiary/aromatic N) is 2. The summed E-state index contributed by atoms with van der Waals surface area (Å²) in [5.74, 6) is 1.65. The van der Waals surface area contributed by atoms with Gasteiger partial charge in [-0.15, -0.1) is 10.2 Å². The molecule has 2 amide bonds. The Labute approximate surface area is 115 Å². The SMILES string of the molecule is Cc1nnc(NC(=O)N[C@@H]2C[C@@H]3CC(CO)C[C@@H]32)s1. The fourth-order valence-corrected chi connectivity index (χ4v) is 3.90. The molecular weight excluding hydrogens is 264 g/mol. The largest absolute Gasteiger partial charge is 0.396 e. The summed E-state index contributed by atoms with van der Waals surface area (Å²) in [6, 6.07) is 0.0441. The third-order valence-corrected chi connectivity index (χ3v) is 5.00. The van der Waals surface area contributed by atoms with E-state index >= 15 is 0 Å². The van der Waals surface area contributed by atoms with E-state index in [9.17, 15) is 9.90 Å². The number of aryl methyl sites for hydroxylation is 1. The highest BCUT2D eigenvalue weighted by molar-refractivity contribution is 7.15. The van der Waals surface area contributed by atoms with Crippen molar-refractivity contribution in [3.63, 3.8) is 0 Å². The molecule has 0 aromatic carbocycles. The predicted molar refractivity (Wildman–Crippen MR) is 72.0 cm³/mol. The number of aliphatic hydroxyl groups is 1. The number of aromatic nitrogens is 2. The van der Waals surface area contributed by atoms with Crippen molar-refractivity contribution in [2.24, 2.45) is 17.8 Å². The lowest BCUT2D eigenvalue weighted by Crippen LogP contribution is -2.51. The number of hydrogen-bond acceptors (Lipinski definition) is 5. The van der Waals surface area contributed by atoms with E-state index < -0.39 is 0 Å². The molecule has 19 heavy (non-hydrogen) atoms. The first-order valence-corrected chi connectivity index (χ1v) is 7.46. The van der Waals surface area contributed by atoms with E-state index in [-0.39, 0.29) is 18.7 Å². The molecular formula is C12H18N4O2S. The van der Waals surface area contributed by atoms with Crippen LogP contribution in [0.5, 0.6) is 0 Å². The Balaban J connectivity index is 1.49. The van der Waals surface area contributed by atoms with Gasteiger partial charge in [0.1, 0.15) is 5.01 Å². The van der Waals surface area contributed by atoms with Crippen molar-refractivity contribution in [1.29, 1.82) is 0 Å². The summed E-state index contributed by atoms with van der Waals surface area (Å²) in [5, 5.41) is 24.0. The van der Waals surface area contributed by atoms with Crippen LogP contribution in [0.1, 0.15) is 24.3 Å². The van der Waals surface area contributed by atoms with Crippen LogP contribution in [0.25, 0.3) is 0 Å². The molecule has 2 fully saturated rings. The van der Waals surface area contributed by atoms with Gasteiger partial charge in [0.25, 0.3) is 0 Å². The summed E-state index contributed by atoms with van der Waals surface area (Å²) >= 11 is 1.37. The number of hydrogen-bond donors (Lipinski definition) is 3. The van der Waals surface area contributed by atoms with Crippen molar-refractivity contribution in [2.75, 3.05) is 11.9 Å². The highest BCUT2D eigenvalue weighted by atomic mass is 32.1. The Bertz CT molecular complexity index is 478. The molecule has 2 saturated carbocycles. The average Bonchev–Trinajstić information content (AvgIpc) is 2.90. The van der Waals surface area contributed by atoms with Crippen molar-refractivity contribution in [3.8, 4) is 0 Å². The molecule has 1 unspecified atom stereocenters. The van der Waals surface area contributed by atoms with E-state index in [1.54, 1.807) is 0 Å². The molecule has 2 aliphatic carbocycles. The minimum Gasteiger partial charge on any atom is -0.396 e. The van der Waals surface area contributed by atoms with E-state index in [0.717, 1.165) is 24.3 Å². The Morgan fingerprint density at radius 1 is 1.42 bits per heavy atom. The molecule has 3 N–H and O–H groups in total. The molecule has 0 spiro atoms. The van der Waals surface area contributed by atoms with Crippen molar-refractivity contribution in [1.82, 2.24) is 15.5 Å². The molecule has 3 rings (SSSR count). The van der Waals surface area contributed by atoms with Crippen LogP contribution in [0.3, 0.4) is 0 Å². The number of aliphatic hydroxyl groups excluding tert-OH is 1. The van der Waals surface area contributed by atoms with Crippen LogP contribution in [0.4, 0.5) is 9.93 Å². The molecule has 0 bridgehead atoms. The summed E-state index contributed by atoms with van der Waals surface area (Å²) in [5.41, 5.74) is 0. The summed E-state index contributed by atoms with van der Waals surface area (Å²) in [6.07, 6.45) is 3.17. The number of nitrogens with one attached hydrogen (secondary N) is 2. The van der Waals surface area contributed by atoms with Gasteiger partial charge in [0.2, 0.25) is 5.13 Å². The number of urea groups is 1. The first kappa shape index (κ1) is 12.8. The lowest BCUT2D eigenvalue weighted by Gasteiger charge is -2.40. The van der Waals surface area contributed by atoms with Crippen LogP contribution in [0.2, 0.25) is 0 Å². The van der Waals surface area contributed by atoms with E-state index in [0.29, 0.717) is 22.9 Å². The number of rotatable bonds is 3. The third kappa shape index (κ3) is 2.57. The highest BCUT2D eigenvalue weighted by Crippen LogP contribution is 2.49. The fraction of sp³-hybridized carbons (Fsp3) is 0.750. The lowest BCUT2D eigenvalue weighted by molar-refractivity contribution is 0.144. The van der Waals surface area contributed by atoms with Gasteiger partial charge in [0.15, 0.2) is 0 Å². The molecule has 0 aliphatic heterocycles. The van der Waals surface area contributed by atoms with Gasteiger partial charge in [-0.1, -0.05) is 11.3 Å². The normalized spacial score (nSPS) is 32.5. The van der Waals surface area contributed by atoms with E-state index in [2.05, 4.69) is 20.8 Å². The molecule has 0 radical (unpaired) electrons. The summed E-state index contributed by atoms with van der Waals surface area (Å²) in [7, 11) is 0. The van der Waals surface area contributed by atoms with Gasteiger partial charge in [-0.25, -0.2) is 4.79 Å². The second-order valence-corrected chi connectivity index (χ2v) is 6.69. The maximum Gasteiger partial charge on any atom is 0.321 e. The van der Waals surface area contributed by atoms with E-state index in [1.807, 2.05) is 6.92 Å². The zero-order valence-corrected chi connectivity index (χ0v) is 11.6. The molecule has 104 valence electrons. The quantitative estimate of drug-likeness (QED) is 0.781. The van der Waals surface area contributed by atoms with Crippen molar-refractivity contribution in [3.05, 3.63) is 5.01 Å². The standard InChI is InChI=1S/C12H18N4O2S/c1-6-15-16-12(19-6)14-11(18)13-10-4-8-2-7(5-17)3-9(8)10/h7-10,17H,2-5H2,1H3,(H2,13,14,16,18)/t7?,8-,9-,10+/m0/s1. The number of anilines is 1. The van der Waals surface area contributed by atoms with Crippen LogP contribution in [-0.2, 0) is 0 Å². The molecule has 1 aromatic rings. The molecule has 1 heterocycles. The first-order valence-electron chi connectivity index (χ1n) is 6.64. The minimum atomic E-state index is -0.202. The van der Waals surface area contributed by atoms with Gasteiger partial charge in [0.05, 0.1) is 0 Å². The van der Waals surface area contributed by atoms with Crippen molar-refractivity contribution >= 4 is 22.5 Å². The van der Waals surface area contributed by atoms with E-state index in [4.69, 9.17) is 0 Å². The van der Waals surface area contributed by atoms with Crippen LogP contribution < -0.4 is 10.6 Å². The molecule has 0 saturated heterocycles. The summed E-state index contributed by atoms with van der Waals surface area (Å²) in [4.78, 5) is 11.8. The number of fused-ring (bicyclic) bond motifs is 1. The number of carbonyl (C=O) groups is 1. The smallest absolute Gasteiger partial charge is 0.321 e. The lowest BCUT2D eigenvalue weighted by atomic mass is 9.71. The Hall–Kier alpha value is -1.21. The monoisotopic (exact) mass is 282 g/mol. The Kier molecular flexibility index (Phi) is 3.40. The van der Waals surface area contributed by atoms with Gasteiger partial charge in [-0.2, -0.15) is 0 Å². The van der Waals surface area contributed by atoms with Gasteiger partial charge >= 0.3 is 6.03 Å². The zero-order valence-electron chi connectivity index (χ0n) is 10.8.